The third-order valence-electron chi connectivity index (χ3n) is 5.17. The normalized spacial score (nSPS) is 15.6. The van der Waals surface area contributed by atoms with E-state index in [1.54, 1.807) is 49.5 Å². The van der Waals surface area contributed by atoms with Crippen molar-refractivity contribution in [1.29, 1.82) is 0 Å². The van der Waals surface area contributed by atoms with Crippen LogP contribution < -0.4 is 4.74 Å². The first-order valence-corrected chi connectivity index (χ1v) is 12.9. The number of thioether (sulfide) groups is 1. The fraction of sp³-hybridized carbons (Fsp3) is 0.115. The Kier molecular flexibility index (Phi) is 8.41. The molecule has 1 saturated heterocycles. The van der Waals surface area contributed by atoms with E-state index in [4.69, 9.17) is 32.7 Å². The summed E-state index contributed by atoms with van der Waals surface area (Å²) in [6.07, 6.45) is 1.80. The Hall–Kier alpha value is -2.78. The van der Waals surface area contributed by atoms with Gasteiger partial charge in [-0.05, 0) is 87.9 Å². The van der Waals surface area contributed by atoms with Gasteiger partial charge in [0.1, 0.15) is 12.4 Å². The molecule has 4 rings (SSSR count). The molecule has 1 aliphatic rings. The van der Waals surface area contributed by atoms with Crippen LogP contribution >= 0.6 is 50.9 Å². The van der Waals surface area contributed by atoms with E-state index in [-0.39, 0.29) is 12.5 Å². The molecule has 36 heavy (non-hydrogen) atoms. The minimum atomic E-state index is -0.418. The van der Waals surface area contributed by atoms with Crippen LogP contribution in [0.25, 0.3) is 6.08 Å². The summed E-state index contributed by atoms with van der Waals surface area (Å²) in [5.41, 5.74) is 2.70. The van der Waals surface area contributed by atoms with Gasteiger partial charge in [-0.3, -0.25) is 9.69 Å². The fourth-order valence-electron chi connectivity index (χ4n) is 3.22. The van der Waals surface area contributed by atoms with E-state index in [1.807, 2.05) is 24.3 Å². The van der Waals surface area contributed by atoms with E-state index in [9.17, 15) is 9.59 Å². The fourth-order valence-corrected chi connectivity index (χ4v) is 5.18. The largest absolute Gasteiger partial charge is 0.488 e. The van der Waals surface area contributed by atoms with Crippen LogP contribution in [-0.4, -0.2) is 36.1 Å². The quantitative estimate of drug-likeness (QED) is 0.217. The number of carbonyl (C=O) groups excluding carboxylic acids is 2. The maximum absolute atomic E-state index is 12.8. The van der Waals surface area contributed by atoms with Crippen LogP contribution in [0.1, 0.15) is 21.5 Å². The second kappa shape index (κ2) is 11.5. The summed E-state index contributed by atoms with van der Waals surface area (Å²) in [5, 5.41) is 1.64. The zero-order valence-corrected chi connectivity index (χ0v) is 23.0. The zero-order chi connectivity index (χ0) is 25.8. The number of likely N-dealkylation sites (N-methyl/N-ethyl adjacent to an activating group) is 1. The summed E-state index contributed by atoms with van der Waals surface area (Å²) < 4.78 is 11.3. The van der Waals surface area contributed by atoms with E-state index in [2.05, 4.69) is 20.9 Å². The van der Waals surface area contributed by atoms with Crippen molar-refractivity contribution in [2.45, 2.75) is 6.61 Å². The molecule has 0 saturated carbocycles. The van der Waals surface area contributed by atoms with Crippen LogP contribution in [0.5, 0.6) is 5.75 Å². The van der Waals surface area contributed by atoms with E-state index in [0.29, 0.717) is 37.1 Å². The molecule has 1 aliphatic heterocycles. The molecule has 1 fully saturated rings. The summed E-state index contributed by atoms with van der Waals surface area (Å²) in [6, 6.07) is 17.5. The highest BCUT2D eigenvalue weighted by Crippen LogP contribution is 2.35. The standard InChI is InChI=1S/C26H19BrCl2N2O4S/c1-31-24(32)23(36-26(31)30-19-8-5-16(6-9-19)25(33)34-2)12-15-3-10-22(20(27)11-15)35-14-17-4-7-18(28)13-21(17)29/h3-13H,14H2,1-2H3. The van der Waals surface area contributed by atoms with Gasteiger partial charge < -0.3 is 9.47 Å². The van der Waals surface area contributed by atoms with E-state index >= 15 is 0 Å². The van der Waals surface area contributed by atoms with E-state index < -0.39 is 5.97 Å². The lowest BCUT2D eigenvalue weighted by Gasteiger charge is -2.10. The summed E-state index contributed by atoms with van der Waals surface area (Å²) in [6.45, 7) is 0.286. The minimum Gasteiger partial charge on any atom is -0.488 e. The number of hydrogen-bond acceptors (Lipinski definition) is 6. The van der Waals surface area contributed by atoms with Crippen LogP contribution in [-0.2, 0) is 16.1 Å². The molecule has 10 heteroatoms. The molecule has 0 aliphatic carbocycles. The molecule has 0 N–H and O–H groups in total. The van der Waals surface area contributed by atoms with Gasteiger partial charge in [0, 0.05) is 22.7 Å². The van der Waals surface area contributed by atoms with Gasteiger partial charge in [-0.1, -0.05) is 35.3 Å². The van der Waals surface area contributed by atoms with Gasteiger partial charge in [-0.15, -0.1) is 0 Å². The summed E-state index contributed by atoms with van der Waals surface area (Å²) in [7, 11) is 3.00. The number of hydrogen-bond donors (Lipinski definition) is 0. The first-order chi connectivity index (χ1) is 17.2. The van der Waals surface area contributed by atoms with Gasteiger partial charge in [0.2, 0.25) is 0 Å². The Bertz CT molecular complexity index is 1390. The van der Waals surface area contributed by atoms with Crippen LogP contribution in [0.2, 0.25) is 10.0 Å². The van der Waals surface area contributed by atoms with Gasteiger partial charge in [0.15, 0.2) is 5.17 Å². The number of halogens is 3. The predicted octanol–water partition coefficient (Wildman–Crippen LogP) is 7.36. The molecular formula is C26H19BrCl2N2O4S. The third kappa shape index (κ3) is 6.13. The Balaban J connectivity index is 1.47. The number of nitrogens with zero attached hydrogens (tertiary/aromatic N) is 2. The highest BCUT2D eigenvalue weighted by Gasteiger charge is 2.30. The number of carbonyl (C=O) groups is 2. The van der Waals surface area contributed by atoms with Crippen LogP contribution in [0.15, 0.2) is 75.0 Å². The Morgan fingerprint density at radius 3 is 2.53 bits per heavy atom. The summed E-state index contributed by atoms with van der Waals surface area (Å²) >= 11 is 17.0. The number of rotatable bonds is 6. The first-order valence-electron chi connectivity index (χ1n) is 10.6. The molecule has 1 amide bonds. The molecule has 0 bridgehead atoms. The Morgan fingerprint density at radius 1 is 1.11 bits per heavy atom. The molecule has 1 heterocycles. The smallest absolute Gasteiger partial charge is 0.337 e. The van der Waals surface area contributed by atoms with Crippen molar-refractivity contribution in [3.05, 3.63) is 96.8 Å². The van der Waals surface area contributed by atoms with Crippen molar-refractivity contribution in [2.75, 3.05) is 14.2 Å². The van der Waals surface area contributed by atoms with Crippen molar-refractivity contribution >= 4 is 79.7 Å². The van der Waals surface area contributed by atoms with Crippen molar-refractivity contribution in [1.82, 2.24) is 4.90 Å². The number of ether oxygens (including phenoxy) is 2. The zero-order valence-electron chi connectivity index (χ0n) is 19.1. The van der Waals surface area contributed by atoms with Gasteiger partial charge in [-0.2, -0.15) is 0 Å². The molecule has 3 aromatic rings. The molecule has 3 aromatic carbocycles. The average molecular weight is 606 g/mol. The van der Waals surface area contributed by atoms with Crippen molar-refractivity contribution in [2.24, 2.45) is 4.99 Å². The van der Waals surface area contributed by atoms with Gasteiger partial charge in [0.25, 0.3) is 5.91 Å². The number of amidine groups is 1. The molecule has 0 atom stereocenters. The second-order valence-corrected chi connectivity index (χ2v) is 10.3. The monoisotopic (exact) mass is 604 g/mol. The summed E-state index contributed by atoms with van der Waals surface area (Å²) in [4.78, 5) is 31.0. The molecule has 0 spiro atoms. The van der Waals surface area contributed by atoms with Crippen molar-refractivity contribution in [3.8, 4) is 5.75 Å². The van der Waals surface area contributed by atoms with Gasteiger partial charge in [-0.25, -0.2) is 9.79 Å². The predicted molar refractivity (Wildman–Crippen MR) is 148 cm³/mol. The topological polar surface area (TPSA) is 68.2 Å². The van der Waals surface area contributed by atoms with Crippen LogP contribution in [0.3, 0.4) is 0 Å². The maximum atomic E-state index is 12.8. The first kappa shape index (κ1) is 26.3. The highest BCUT2D eigenvalue weighted by molar-refractivity contribution is 9.10. The molecule has 0 aromatic heterocycles. The molecule has 0 unspecified atom stereocenters. The molecule has 6 nitrogen and oxygen atoms in total. The average Bonchev–Trinajstić information content (AvgIpc) is 3.12. The summed E-state index contributed by atoms with van der Waals surface area (Å²) in [5.74, 6) is 0.0698. The lowest BCUT2D eigenvalue weighted by atomic mass is 10.2. The van der Waals surface area contributed by atoms with E-state index in [1.165, 1.54) is 23.8 Å². The lowest BCUT2D eigenvalue weighted by molar-refractivity contribution is -0.121. The highest BCUT2D eigenvalue weighted by atomic mass is 79.9. The van der Waals surface area contributed by atoms with Crippen molar-refractivity contribution in [3.63, 3.8) is 0 Å². The number of benzene rings is 3. The third-order valence-corrected chi connectivity index (χ3v) is 7.44. The minimum absolute atomic E-state index is 0.154. The maximum Gasteiger partial charge on any atom is 0.337 e. The second-order valence-electron chi connectivity index (χ2n) is 7.62. The molecule has 184 valence electrons. The number of amides is 1. The molecular weight excluding hydrogens is 587 g/mol. The number of methoxy groups -OCH3 is 1. The Labute approximate surface area is 231 Å². The number of esters is 1. The van der Waals surface area contributed by atoms with Gasteiger partial charge in [0.05, 0.1) is 27.7 Å². The molecule has 0 radical (unpaired) electrons. The van der Waals surface area contributed by atoms with Crippen molar-refractivity contribution < 1.29 is 19.1 Å². The lowest BCUT2D eigenvalue weighted by Crippen LogP contribution is -2.23. The van der Waals surface area contributed by atoms with Crippen LogP contribution in [0.4, 0.5) is 5.69 Å². The van der Waals surface area contributed by atoms with Gasteiger partial charge >= 0.3 is 5.97 Å². The van der Waals surface area contributed by atoms with E-state index in [0.717, 1.165) is 15.6 Å². The SMILES string of the molecule is COC(=O)c1ccc(N=C2SC(=Cc3ccc(OCc4ccc(Cl)cc4Cl)c(Br)c3)C(=O)N2C)cc1. The van der Waals surface area contributed by atoms with Crippen LogP contribution in [0, 0.1) is 0 Å². The Morgan fingerprint density at radius 2 is 1.86 bits per heavy atom. The number of aliphatic imine (C=N–C) groups is 1.